The van der Waals surface area contributed by atoms with Gasteiger partial charge in [0.1, 0.15) is 6.33 Å². The third-order valence-corrected chi connectivity index (χ3v) is 2.76. The molecule has 0 spiro atoms. The molecule has 1 heterocycles. The minimum absolute atomic E-state index is 0.158. The number of benzene rings is 1. The summed E-state index contributed by atoms with van der Waals surface area (Å²) >= 11 is 6.08. The van der Waals surface area contributed by atoms with Crippen LogP contribution in [0, 0.1) is 6.92 Å². The van der Waals surface area contributed by atoms with Gasteiger partial charge in [-0.05, 0) is 18.6 Å². The molecule has 3 nitrogen and oxygen atoms in total. The summed E-state index contributed by atoms with van der Waals surface area (Å²) in [5.74, 6) is -0.158. The van der Waals surface area contributed by atoms with Gasteiger partial charge in [-0.15, -0.1) is 0 Å². The summed E-state index contributed by atoms with van der Waals surface area (Å²) in [6, 6.07) is 5.36. The molecule has 1 aromatic carbocycles. The van der Waals surface area contributed by atoms with Crippen LogP contribution in [0.3, 0.4) is 0 Å². The molecule has 0 atom stereocenters. The Hall–Kier alpha value is -1.74. The normalized spacial score (nSPS) is 10.1. The lowest BCUT2D eigenvalue weighted by Crippen LogP contribution is -2.03. The first-order chi connectivity index (χ1) is 7.70. The lowest BCUT2D eigenvalue weighted by Gasteiger charge is -2.04. The summed E-state index contributed by atoms with van der Waals surface area (Å²) in [6.45, 7) is 1.86. The Balaban J connectivity index is 2.46. The highest BCUT2D eigenvalue weighted by Crippen LogP contribution is 2.22. The average Bonchev–Trinajstić information content (AvgIpc) is 2.33. The van der Waals surface area contributed by atoms with Crippen molar-refractivity contribution >= 4 is 17.4 Å². The van der Waals surface area contributed by atoms with Gasteiger partial charge in [-0.2, -0.15) is 0 Å². The summed E-state index contributed by atoms with van der Waals surface area (Å²) < 4.78 is 0. The molecule has 2 rings (SSSR count). The van der Waals surface area contributed by atoms with Crippen molar-refractivity contribution in [1.29, 1.82) is 0 Å². The van der Waals surface area contributed by atoms with Gasteiger partial charge in [0, 0.05) is 18.0 Å². The lowest BCUT2D eigenvalue weighted by atomic mass is 10.0. The van der Waals surface area contributed by atoms with Crippen molar-refractivity contribution in [1.82, 2.24) is 9.97 Å². The molecule has 0 radical (unpaired) electrons. The molecule has 16 heavy (non-hydrogen) atoms. The molecule has 0 fully saturated rings. The molecule has 0 amide bonds. The van der Waals surface area contributed by atoms with E-state index in [0.29, 0.717) is 16.1 Å². The zero-order chi connectivity index (χ0) is 11.5. The first-order valence-electron chi connectivity index (χ1n) is 4.75. The van der Waals surface area contributed by atoms with Gasteiger partial charge in [-0.3, -0.25) is 4.79 Å². The molecule has 0 saturated carbocycles. The van der Waals surface area contributed by atoms with Crippen molar-refractivity contribution in [2.45, 2.75) is 6.92 Å². The van der Waals surface area contributed by atoms with Gasteiger partial charge in [0.25, 0.3) is 0 Å². The molecule has 2 aromatic rings. The number of carbonyl (C=O) groups excluding carboxylic acids is 1. The van der Waals surface area contributed by atoms with Crippen molar-refractivity contribution in [3.63, 3.8) is 0 Å². The number of aromatic nitrogens is 2. The van der Waals surface area contributed by atoms with E-state index in [4.69, 9.17) is 11.6 Å². The summed E-state index contributed by atoms with van der Waals surface area (Å²) in [5.41, 5.74) is 1.80. The van der Waals surface area contributed by atoms with E-state index in [1.54, 1.807) is 12.1 Å². The van der Waals surface area contributed by atoms with E-state index >= 15 is 0 Å². The van der Waals surface area contributed by atoms with Gasteiger partial charge in [-0.25, -0.2) is 9.97 Å². The minimum Gasteiger partial charge on any atom is -0.288 e. The van der Waals surface area contributed by atoms with Crippen LogP contribution in [-0.4, -0.2) is 15.8 Å². The Morgan fingerprint density at radius 1 is 1.25 bits per heavy atom. The topological polar surface area (TPSA) is 42.9 Å². The van der Waals surface area contributed by atoms with Gasteiger partial charge in [0.05, 0.1) is 10.6 Å². The van der Waals surface area contributed by atoms with Gasteiger partial charge < -0.3 is 0 Å². The maximum Gasteiger partial charge on any atom is 0.197 e. The third kappa shape index (κ3) is 1.95. The summed E-state index contributed by atoms with van der Waals surface area (Å²) in [6.07, 6.45) is 4.34. The van der Waals surface area contributed by atoms with Crippen LogP contribution < -0.4 is 0 Å². The number of aryl methyl sites for hydroxylation is 1. The van der Waals surface area contributed by atoms with Crippen LogP contribution in [0.2, 0.25) is 5.02 Å². The first kappa shape index (κ1) is 10.8. The zero-order valence-electron chi connectivity index (χ0n) is 8.64. The van der Waals surface area contributed by atoms with Crippen LogP contribution in [0.1, 0.15) is 21.5 Å². The zero-order valence-corrected chi connectivity index (χ0v) is 9.40. The maximum atomic E-state index is 12.1. The molecular formula is C12H9ClN2O. The molecule has 0 aliphatic rings. The number of nitrogens with zero attached hydrogens (tertiary/aromatic N) is 2. The van der Waals surface area contributed by atoms with Gasteiger partial charge >= 0.3 is 0 Å². The smallest absolute Gasteiger partial charge is 0.197 e. The van der Waals surface area contributed by atoms with Crippen molar-refractivity contribution in [2.24, 2.45) is 0 Å². The van der Waals surface area contributed by atoms with E-state index in [2.05, 4.69) is 9.97 Å². The molecule has 0 aliphatic carbocycles. The highest BCUT2D eigenvalue weighted by atomic mass is 35.5. The fourth-order valence-electron chi connectivity index (χ4n) is 1.39. The Kier molecular flexibility index (Phi) is 2.97. The second kappa shape index (κ2) is 4.41. The Labute approximate surface area is 98.1 Å². The molecule has 0 saturated heterocycles. The number of hydrogen-bond donors (Lipinski definition) is 0. The van der Waals surface area contributed by atoms with Crippen molar-refractivity contribution in [2.75, 3.05) is 0 Å². The Morgan fingerprint density at radius 3 is 2.62 bits per heavy atom. The highest BCUT2D eigenvalue weighted by molar-refractivity contribution is 6.35. The minimum atomic E-state index is -0.158. The van der Waals surface area contributed by atoms with Gasteiger partial charge in [-0.1, -0.05) is 23.7 Å². The molecule has 80 valence electrons. The lowest BCUT2D eigenvalue weighted by molar-refractivity contribution is 0.103. The number of hydrogen-bond acceptors (Lipinski definition) is 3. The van der Waals surface area contributed by atoms with Crippen molar-refractivity contribution in [3.8, 4) is 0 Å². The fourth-order valence-corrected chi connectivity index (χ4v) is 1.61. The molecule has 0 unspecified atom stereocenters. The summed E-state index contributed by atoms with van der Waals surface area (Å²) in [4.78, 5) is 19.7. The second-order valence-electron chi connectivity index (χ2n) is 3.39. The molecule has 0 aliphatic heterocycles. The molecule has 4 heteroatoms. The van der Waals surface area contributed by atoms with E-state index in [0.717, 1.165) is 5.56 Å². The van der Waals surface area contributed by atoms with Crippen LogP contribution in [0.4, 0.5) is 0 Å². The van der Waals surface area contributed by atoms with Crippen molar-refractivity contribution < 1.29 is 4.79 Å². The predicted molar refractivity (Wildman–Crippen MR) is 61.7 cm³/mol. The van der Waals surface area contributed by atoms with Crippen LogP contribution in [0.15, 0.2) is 36.9 Å². The quantitative estimate of drug-likeness (QED) is 0.748. The summed E-state index contributed by atoms with van der Waals surface area (Å²) in [5, 5.41) is 0.483. The van der Waals surface area contributed by atoms with Crippen molar-refractivity contribution in [3.05, 3.63) is 58.6 Å². The standard InChI is InChI=1S/C12H9ClN2O/c1-8-3-2-4-10(11(8)13)12(16)9-5-14-7-15-6-9/h2-7H,1H3. The van der Waals surface area contributed by atoms with E-state index in [1.165, 1.54) is 18.7 Å². The monoisotopic (exact) mass is 232 g/mol. The number of rotatable bonds is 2. The SMILES string of the molecule is Cc1cccc(C(=O)c2cncnc2)c1Cl. The van der Waals surface area contributed by atoms with Crippen LogP contribution >= 0.6 is 11.6 Å². The predicted octanol–water partition coefficient (Wildman–Crippen LogP) is 2.67. The second-order valence-corrected chi connectivity index (χ2v) is 3.77. The largest absolute Gasteiger partial charge is 0.288 e. The van der Waals surface area contributed by atoms with E-state index in [9.17, 15) is 4.79 Å². The molecule has 0 N–H and O–H groups in total. The average molecular weight is 233 g/mol. The first-order valence-corrected chi connectivity index (χ1v) is 5.13. The Bertz CT molecular complexity index is 526. The maximum absolute atomic E-state index is 12.1. The number of carbonyl (C=O) groups is 1. The molecular weight excluding hydrogens is 224 g/mol. The van der Waals surface area contributed by atoms with E-state index in [-0.39, 0.29) is 5.78 Å². The Morgan fingerprint density at radius 2 is 1.94 bits per heavy atom. The van der Waals surface area contributed by atoms with Crippen LogP contribution in [-0.2, 0) is 0 Å². The van der Waals surface area contributed by atoms with Crippen LogP contribution in [0.5, 0.6) is 0 Å². The molecule has 0 bridgehead atoms. The summed E-state index contributed by atoms with van der Waals surface area (Å²) in [7, 11) is 0. The van der Waals surface area contributed by atoms with E-state index < -0.39 is 0 Å². The van der Waals surface area contributed by atoms with E-state index in [1.807, 2.05) is 13.0 Å². The van der Waals surface area contributed by atoms with Gasteiger partial charge in [0.15, 0.2) is 5.78 Å². The molecule has 1 aromatic heterocycles. The number of halogens is 1. The number of ketones is 1. The third-order valence-electron chi connectivity index (χ3n) is 2.26. The highest BCUT2D eigenvalue weighted by Gasteiger charge is 2.13. The van der Waals surface area contributed by atoms with Gasteiger partial charge in [0.2, 0.25) is 0 Å². The van der Waals surface area contributed by atoms with Crippen LogP contribution in [0.25, 0.3) is 0 Å². The fraction of sp³-hybridized carbons (Fsp3) is 0.0833.